The molecule has 0 saturated carbocycles. The molecule has 0 fully saturated rings. The summed E-state index contributed by atoms with van der Waals surface area (Å²) in [5.74, 6) is -2.83. The summed E-state index contributed by atoms with van der Waals surface area (Å²) in [6.45, 7) is 10.5. The fraction of sp³-hybridized carbons (Fsp3) is 0.600. The van der Waals surface area contributed by atoms with Gasteiger partial charge in [-0.15, -0.1) is 0 Å². The Hall–Kier alpha value is -4.60. The third-order valence-corrected chi connectivity index (χ3v) is 5.64. The van der Waals surface area contributed by atoms with Crippen molar-refractivity contribution in [2.75, 3.05) is 20.2 Å². The first-order chi connectivity index (χ1) is 21.3. The lowest BCUT2D eigenvalue weighted by molar-refractivity contribution is -0.145. The molecule has 0 heterocycles. The van der Waals surface area contributed by atoms with Gasteiger partial charge in [0.15, 0.2) is 0 Å². The van der Waals surface area contributed by atoms with E-state index in [1.165, 1.54) is 6.92 Å². The number of hydrogen-bond donors (Lipinski definition) is 6. The molecule has 46 heavy (non-hydrogen) atoms. The number of hydrogen-bond acceptors (Lipinski definition) is 11. The van der Waals surface area contributed by atoms with Crippen molar-refractivity contribution in [1.82, 2.24) is 26.6 Å². The maximum Gasteiger partial charge on any atom is 0.408 e. The number of carbonyl (C=O) groups excluding carboxylic acids is 6. The molecule has 0 aliphatic carbocycles. The highest BCUT2D eigenvalue weighted by atomic mass is 16.6. The molecule has 5 amide bonds. The second kappa shape index (κ2) is 18.4. The number of rotatable bonds is 14. The molecule has 0 saturated heterocycles. The van der Waals surface area contributed by atoms with Crippen molar-refractivity contribution in [2.45, 2.75) is 96.9 Å². The molecule has 16 nitrogen and oxygen atoms in total. The van der Waals surface area contributed by atoms with Crippen LogP contribution in [0, 0.1) is 0 Å². The van der Waals surface area contributed by atoms with Crippen LogP contribution in [0.5, 0.6) is 0 Å². The van der Waals surface area contributed by atoms with Gasteiger partial charge in [-0.05, 0) is 60.5 Å². The van der Waals surface area contributed by atoms with Gasteiger partial charge >= 0.3 is 24.2 Å². The molecule has 0 bridgehead atoms. The van der Waals surface area contributed by atoms with Crippen LogP contribution in [0.15, 0.2) is 30.3 Å². The predicted molar refractivity (Wildman–Crippen MR) is 164 cm³/mol. The average Bonchev–Trinajstić information content (AvgIpc) is 2.94. The molecule has 0 aliphatic heterocycles. The van der Waals surface area contributed by atoms with Crippen LogP contribution in [-0.4, -0.2) is 96.8 Å². The summed E-state index contributed by atoms with van der Waals surface area (Å²) in [4.78, 5) is 75.5. The lowest BCUT2D eigenvalue weighted by Crippen LogP contribution is -2.60. The van der Waals surface area contributed by atoms with Crippen LogP contribution in [0.3, 0.4) is 0 Å². The number of amides is 5. The first kappa shape index (κ1) is 39.4. The lowest BCUT2D eigenvalue weighted by atomic mass is 10.1. The highest BCUT2D eigenvalue weighted by Gasteiger charge is 2.33. The van der Waals surface area contributed by atoms with E-state index in [-0.39, 0.29) is 19.6 Å². The Labute approximate surface area is 268 Å². The van der Waals surface area contributed by atoms with E-state index in [2.05, 4.69) is 26.6 Å². The molecule has 1 aromatic carbocycles. The van der Waals surface area contributed by atoms with Gasteiger partial charge in [-0.25, -0.2) is 19.2 Å². The Balaban J connectivity index is 3.02. The predicted octanol–water partition coefficient (Wildman–Crippen LogP) is 1.24. The van der Waals surface area contributed by atoms with Gasteiger partial charge in [-0.2, -0.15) is 0 Å². The van der Waals surface area contributed by atoms with Crippen LogP contribution in [-0.2, 0) is 39.9 Å². The monoisotopic (exact) mass is 653 g/mol. The quantitative estimate of drug-likeness (QED) is 0.124. The molecular weight excluding hydrogens is 606 g/mol. The molecule has 1 rings (SSSR count). The number of ether oxygens (including phenoxy) is 4. The highest BCUT2D eigenvalue weighted by Crippen LogP contribution is 2.08. The van der Waals surface area contributed by atoms with Crippen molar-refractivity contribution in [3.63, 3.8) is 0 Å². The maximum absolute atomic E-state index is 13.3. The minimum absolute atomic E-state index is 0.0951. The van der Waals surface area contributed by atoms with E-state index in [0.717, 1.165) is 7.11 Å². The first-order valence-electron chi connectivity index (χ1n) is 14.6. The minimum Gasteiger partial charge on any atom is -0.467 e. The van der Waals surface area contributed by atoms with Crippen LogP contribution in [0.25, 0.3) is 0 Å². The molecule has 16 heteroatoms. The van der Waals surface area contributed by atoms with Crippen molar-refractivity contribution in [2.24, 2.45) is 0 Å². The van der Waals surface area contributed by atoms with Gasteiger partial charge < -0.3 is 50.6 Å². The Bertz CT molecular complexity index is 1180. The smallest absolute Gasteiger partial charge is 0.408 e. The van der Waals surface area contributed by atoms with Crippen molar-refractivity contribution in [3.05, 3.63) is 35.9 Å². The van der Waals surface area contributed by atoms with Crippen molar-refractivity contribution in [3.8, 4) is 0 Å². The van der Waals surface area contributed by atoms with E-state index >= 15 is 0 Å². The largest absolute Gasteiger partial charge is 0.467 e. The second-order valence-corrected chi connectivity index (χ2v) is 12.2. The standard InChI is InChI=1S/C30H47N5O11/c1-18(36)22(24(38)33-21(25(39)43-8)16-32-27(41)46-30(5,6)7)35-23(37)20(14-15-31-26(40)45-29(2,3)4)34-28(42)44-17-19-12-10-9-11-13-19/h9-13,18,20-22,36H,14-17H2,1-8H3,(H,31,40)(H,32,41)(H,33,38)(H,34,42)(H,35,37)/t18?,20-,21-,22?/m0/s1. The average molecular weight is 654 g/mol. The number of methoxy groups -OCH3 is 1. The van der Waals surface area contributed by atoms with E-state index in [1.807, 2.05) is 0 Å². The van der Waals surface area contributed by atoms with Crippen LogP contribution < -0.4 is 26.6 Å². The van der Waals surface area contributed by atoms with Crippen molar-refractivity contribution >= 4 is 36.1 Å². The first-order valence-corrected chi connectivity index (χ1v) is 14.6. The summed E-state index contributed by atoms with van der Waals surface area (Å²) in [5.41, 5.74) is -0.906. The third kappa shape index (κ3) is 16.5. The zero-order valence-electron chi connectivity index (χ0n) is 27.6. The normalized spacial score (nSPS) is 13.8. The van der Waals surface area contributed by atoms with E-state index in [9.17, 15) is 33.9 Å². The number of esters is 1. The zero-order valence-corrected chi connectivity index (χ0v) is 27.6. The molecule has 258 valence electrons. The topological polar surface area (TPSA) is 220 Å². The number of aliphatic hydroxyl groups excluding tert-OH is 1. The number of aliphatic hydroxyl groups is 1. The van der Waals surface area contributed by atoms with Crippen LogP contribution >= 0.6 is 0 Å². The molecule has 1 aromatic rings. The molecule has 0 spiro atoms. The van der Waals surface area contributed by atoms with Crippen LogP contribution in [0.1, 0.15) is 60.5 Å². The summed E-state index contributed by atoms with van der Waals surface area (Å²) < 4.78 is 20.2. The van der Waals surface area contributed by atoms with Crippen LogP contribution in [0.2, 0.25) is 0 Å². The van der Waals surface area contributed by atoms with E-state index in [1.54, 1.807) is 71.9 Å². The third-order valence-electron chi connectivity index (χ3n) is 5.64. The summed E-state index contributed by atoms with van der Waals surface area (Å²) in [6.07, 6.45) is -4.22. The van der Waals surface area contributed by atoms with Gasteiger partial charge in [0.1, 0.15) is 35.9 Å². The number of alkyl carbamates (subject to hydrolysis) is 3. The summed E-state index contributed by atoms with van der Waals surface area (Å²) >= 11 is 0. The van der Waals surface area contributed by atoms with Crippen molar-refractivity contribution < 1.29 is 52.8 Å². The van der Waals surface area contributed by atoms with Gasteiger partial charge in [0, 0.05) is 6.54 Å². The van der Waals surface area contributed by atoms with Crippen molar-refractivity contribution in [1.29, 1.82) is 0 Å². The minimum atomic E-state index is -1.62. The number of nitrogens with one attached hydrogen (secondary N) is 5. The van der Waals surface area contributed by atoms with Gasteiger partial charge in [0.05, 0.1) is 19.8 Å². The molecule has 6 N–H and O–H groups in total. The maximum atomic E-state index is 13.3. The Kier molecular flexibility index (Phi) is 15.8. The van der Waals surface area contributed by atoms with E-state index < -0.39 is 78.0 Å². The summed E-state index contributed by atoms with van der Waals surface area (Å²) in [7, 11) is 1.07. The Morgan fingerprint density at radius 2 is 1.33 bits per heavy atom. The lowest BCUT2D eigenvalue weighted by Gasteiger charge is -2.27. The fourth-order valence-electron chi connectivity index (χ4n) is 3.56. The fourth-order valence-corrected chi connectivity index (χ4v) is 3.56. The molecule has 0 aromatic heterocycles. The number of benzene rings is 1. The van der Waals surface area contributed by atoms with Gasteiger partial charge in [0.2, 0.25) is 11.8 Å². The Morgan fingerprint density at radius 3 is 1.85 bits per heavy atom. The molecule has 0 aliphatic rings. The van der Waals surface area contributed by atoms with Crippen LogP contribution in [0.4, 0.5) is 14.4 Å². The second-order valence-electron chi connectivity index (χ2n) is 12.2. The van der Waals surface area contributed by atoms with Gasteiger partial charge in [-0.1, -0.05) is 30.3 Å². The SMILES string of the molecule is COC(=O)[C@H](CNC(=O)OC(C)(C)C)NC(=O)C(NC(=O)[C@H](CCNC(=O)OC(C)(C)C)NC(=O)OCc1ccccc1)C(C)O. The van der Waals surface area contributed by atoms with E-state index in [4.69, 9.17) is 18.9 Å². The molecule has 4 atom stereocenters. The molecule has 2 unspecified atom stereocenters. The molecule has 0 radical (unpaired) electrons. The molecular formula is C30H47N5O11. The number of carbonyl (C=O) groups is 6. The highest BCUT2D eigenvalue weighted by molar-refractivity contribution is 5.93. The van der Waals surface area contributed by atoms with Gasteiger partial charge in [-0.3, -0.25) is 9.59 Å². The Morgan fingerprint density at radius 1 is 0.761 bits per heavy atom. The summed E-state index contributed by atoms with van der Waals surface area (Å²) in [5, 5.41) is 22.2. The summed E-state index contributed by atoms with van der Waals surface area (Å²) in [6, 6.07) is 4.40. The zero-order chi connectivity index (χ0) is 35.1. The van der Waals surface area contributed by atoms with E-state index in [0.29, 0.717) is 5.56 Å². The van der Waals surface area contributed by atoms with Gasteiger partial charge in [0.25, 0.3) is 0 Å².